The highest BCUT2D eigenvalue weighted by Crippen LogP contribution is 2.33. The van der Waals surface area contributed by atoms with Gasteiger partial charge >= 0.3 is 0 Å². The van der Waals surface area contributed by atoms with Gasteiger partial charge in [-0.1, -0.05) is 178 Å². The molecular weight excluding hydrogens is 767 g/mol. The molecule has 0 radical (unpaired) electrons. The summed E-state index contributed by atoms with van der Waals surface area (Å²) in [6, 6.07) is 70.6. The van der Waals surface area contributed by atoms with Gasteiger partial charge in [-0.3, -0.25) is 19.8 Å². The first-order valence-electron chi connectivity index (χ1n) is 21.3. The van der Waals surface area contributed by atoms with Crippen LogP contribution in [0.5, 0.6) is 0 Å². The van der Waals surface area contributed by atoms with Gasteiger partial charge in [0.2, 0.25) is 0 Å². The van der Waals surface area contributed by atoms with Crippen molar-refractivity contribution in [3.63, 3.8) is 0 Å². The van der Waals surface area contributed by atoms with E-state index in [4.69, 9.17) is 9.97 Å². The molecule has 0 aliphatic carbocycles. The highest BCUT2D eigenvalue weighted by molar-refractivity contribution is 7.80. The average Bonchev–Trinajstić information content (AvgIpc) is 3.29. The maximum Gasteiger partial charge on any atom is 0.0724 e. The maximum absolute atomic E-state index is 5.36. The lowest BCUT2D eigenvalue weighted by Gasteiger charge is -2.24. The number of rotatable bonds is 18. The summed E-state index contributed by atoms with van der Waals surface area (Å²) in [5, 5.41) is 7.92. The van der Waals surface area contributed by atoms with E-state index in [2.05, 4.69) is 218 Å². The van der Waals surface area contributed by atoms with Gasteiger partial charge in [0, 0.05) is 42.0 Å². The molecule has 0 aliphatic heterocycles. The monoisotopic (exact) mass is 820 g/mol. The Hall–Kier alpha value is -5.34. The molecule has 0 saturated carbocycles. The highest BCUT2D eigenvalue weighted by atomic mass is 31.1. The summed E-state index contributed by atoms with van der Waals surface area (Å²) in [7, 11) is -1.50. The lowest BCUT2D eigenvalue weighted by atomic mass is 10.0. The second kappa shape index (κ2) is 20.8. The van der Waals surface area contributed by atoms with Crippen LogP contribution in [0.25, 0.3) is 10.8 Å². The molecular formula is C54H54N4P2. The van der Waals surface area contributed by atoms with E-state index >= 15 is 0 Å². The molecule has 60 heavy (non-hydrogen) atoms. The Morgan fingerprint density at radius 1 is 0.400 bits per heavy atom. The average molecular weight is 821 g/mol. The summed E-state index contributed by atoms with van der Waals surface area (Å²) < 4.78 is 0. The Labute approximate surface area is 359 Å². The minimum atomic E-state index is -0.752. The first-order valence-corrected chi connectivity index (χ1v) is 24.0. The lowest BCUT2D eigenvalue weighted by Crippen LogP contribution is -2.27. The van der Waals surface area contributed by atoms with Crippen molar-refractivity contribution in [1.82, 2.24) is 19.8 Å². The zero-order valence-electron chi connectivity index (χ0n) is 34.8. The molecule has 8 rings (SSSR count). The highest BCUT2D eigenvalue weighted by Gasteiger charge is 2.20. The predicted molar refractivity (Wildman–Crippen MR) is 259 cm³/mol. The molecule has 2 aromatic heterocycles. The van der Waals surface area contributed by atoms with Gasteiger partial charge in [-0.05, 0) is 99.4 Å². The number of benzene rings is 6. The van der Waals surface area contributed by atoms with E-state index in [1.807, 2.05) is 0 Å². The Bertz CT molecular complexity index is 2470. The van der Waals surface area contributed by atoms with E-state index in [0.29, 0.717) is 0 Å². The van der Waals surface area contributed by atoms with E-state index in [1.54, 1.807) is 0 Å². The van der Waals surface area contributed by atoms with Gasteiger partial charge in [-0.2, -0.15) is 0 Å². The molecule has 0 N–H and O–H groups in total. The molecule has 0 amide bonds. The number of aromatic nitrogens is 2. The van der Waals surface area contributed by atoms with Crippen LogP contribution in [-0.4, -0.2) is 32.9 Å². The van der Waals surface area contributed by atoms with E-state index in [9.17, 15) is 0 Å². The van der Waals surface area contributed by atoms with Gasteiger partial charge in [0.1, 0.15) is 0 Å². The Morgan fingerprint density at radius 3 is 1.28 bits per heavy atom. The second-order valence-corrected chi connectivity index (χ2v) is 19.7. The van der Waals surface area contributed by atoms with Crippen molar-refractivity contribution in [3.05, 3.63) is 217 Å². The molecule has 0 bridgehead atoms. The molecule has 0 unspecified atom stereocenters. The van der Waals surface area contributed by atoms with Gasteiger partial charge in [0.05, 0.1) is 22.3 Å². The van der Waals surface area contributed by atoms with Crippen LogP contribution in [-0.2, 0) is 26.2 Å². The molecule has 6 aromatic carbocycles. The van der Waals surface area contributed by atoms with Crippen molar-refractivity contribution in [2.75, 3.05) is 13.1 Å². The molecule has 2 heterocycles. The fraction of sp³-hybridized carbons (Fsp3) is 0.185. The standard InChI is InChI=1S/C54H54N4P2/c1-3-36-57(41-46-22-18-32-53(55-46)59(48-24-9-5-10-25-48)49-26-11-6-12-27-49)39-43-34-35-52-44(38-43)20-17-21-45(52)40-58(37-4-2)42-47-23-19-33-54(56-47)60(50-28-13-7-14-29-50)51-30-15-8-16-31-51/h5-35,38H,3-4,36-37,39-42H2,1-2H3. The predicted octanol–water partition coefficient (Wildman–Crippen LogP) is 9.97. The van der Waals surface area contributed by atoms with Crippen molar-refractivity contribution in [1.29, 1.82) is 0 Å². The van der Waals surface area contributed by atoms with Crippen molar-refractivity contribution in [2.45, 2.75) is 52.9 Å². The van der Waals surface area contributed by atoms with Gasteiger partial charge in [0.25, 0.3) is 0 Å². The quantitative estimate of drug-likeness (QED) is 0.0808. The Balaban J connectivity index is 0.991. The summed E-state index contributed by atoms with van der Waals surface area (Å²) in [6.45, 7) is 9.94. The van der Waals surface area contributed by atoms with Crippen LogP contribution in [0.4, 0.5) is 0 Å². The van der Waals surface area contributed by atoms with Crippen molar-refractivity contribution in [3.8, 4) is 0 Å². The summed E-state index contributed by atoms with van der Waals surface area (Å²) in [5.41, 5.74) is 7.24. The fourth-order valence-corrected chi connectivity index (χ4v) is 12.6. The summed E-state index contributed by atoms with van der Waals surface area (Å²) in [5.74, 6) is 0. The summed E-state index contributed by atoms with van der Waals surface area (Å²) >= 11 is 0. The molecule has 0 saturated heterocycles. The summed E-state index contributed by atoms with van der Waals surface area (Å²) in [4.78, 5) is 15.8. The van der Waals surface area contributed by atoms with E-state index in [0.717, 1.165) is 74.4 Å². The molecule has 6 heteroatoms. The number of fused-ring (bicyclic) bond motifs is 1. The summed E-state index contributed by atoms with van der Waals surface area (Å²) in [6.07, 6.45) is 2.17. The van der Waals surface area contributed by atoms with Crippen LogP contribution in [0.15, 0.2) is 194 Å². The molecule has 0 aliphatic rings. The normalized spacial score (nSPS) is 11.6. The maximum atomic E-state index is 5.36. The number of hydrogen-bond donors (Lipinski definition) is 0. The van der Waals surface area contributed by atoms with Gasteiger partial charge < -0.3 is 0 Å². The third-order valence-corrected chi connectivity index (χ3v) is 15.5. The third-order valence-electron chi connectivity index (χ3n) is 10.8. The van der Waals surface area contributed by atoms with E-state index < -0.39 is 15.8 Å². The van der Waals surface area contributed by atoms with Crippen LogP contribution in [0.2, 0.25) is 0 Å². The third kappa shape index (κ3) is 10.5. The van der Waals surface area contributed by atoms with Crippen molar-refractivity contribution < 1.29 is 0 Å². The topological polar surface area (TPSA) is 32.3 Å². The number of pyridine rings is 2. The molecule has 4 nitrogen and oxygen atoms in total. The smallest absolute Gasteiger partial charge is 0.0724 e. The largest absolute Gasteiger partial charge is 0.293 e. The lowest BCUT2D eigenvalue weighted by molar-refractivity contribution is 0.254. The van der Waals surface area contributed by atoms with Crippen LogP contribution in [0.3, 0.4) is 0 Å². The van der Waals surface area contributed by atoms with Crippen LogP contribution in [0.1, 0.15) is 49.2 Å². The van der Waals surface area contributed by atoms with Crippen LogP contribution >= 0.6 is 15.8 Å². The molecule has 0 atom stereocenters. The second-order valence-electron chi connectivity index (χ2n) is 15.4. The van der Waals surface area contributed by atoms with Gasteiger partial charge in [-0.25, -0.2) is 0 Å². The van der Waals surface area contributed by atoms with Crippen molar-refractivity contribution in [2.24, 2.45) is 0 Å². The SMILES string of the molecule is CCCN(Cc1ccc2c(CN(CCC)Cc3cccc(P(c4ccccc4)c4ccccc4)n3)cccc2c1)Cc1cccc(P(c2ccccc2)c2ccccc2)n1. The fourth-order valence-electron chi connectivity index (χ4n) is 8.15. The Morgan fingerprint density at radius 2 is 0.833 bits per heavy atom. The minimum Gasteiger partial charge on any atom is -0.293 e. The molecule has 0 fully saturated rings. The van der Waals surface area contributed by atoms with E-state index in [1.165, 1.54) is 43.1 Å². The Kier molecular flexibility index (Phi) is 14.3. The van der Waals surface area contributed by atoms with Gasteiger partial charge in [-0.15, -0.1) is 0 Å². The number of hydrogen-bond acceptors (Lipinski definition) is 4. The van der Waals surface area contributed by atoms with Crippen LogP contribution < -0.4 is 32.1 Å². The van der Waals surface area contributed by atoms with E-state index in [-0.39, 0.29) is 0 Å². The zero-order chi connectivity index (χ0) is 40.9. The minimum absolute atomic E-state index is 0.748. The first-order chi connectivity index (χ1) is 29.6. The van der Waals surface area contributed by atoms with Gasteiger partial charge in [0.15, 0.2) is 0 Å². The molecule has 0 spiro atoms. The number of nitrogens with zero attached hydrogens (tertiary/aromatic N) is 4. The first kappa shape index (κ1) is 41.4. The zero-order valence-corrected chi connectivity index (χ0v) is 36.6. The molecule has 8 aromatic rings. The van der Waals surface area contributed by atoms with Crippen molar-refractivity contribution >= 4 is 58.7 Å². The van der Waals surface area contributed by atoms with Crippen LogP contribution in [0, 0.1) is 0 Å². The molecule has 300 valence electrons.